The van der Waals surface area contributed by atoms with Crippen LogP contribution in [-0.2, 0) is 76.8 Å². The van der Waals surface area contributed by atoms with E-state index in [0.717, 1.165) is 18.2 Å². The zero-order valence-electron chi connectivity index (χ0n) is 73.1. The molecule has 45 nitrogen and oxygen atoms in total. The van der Waals surface area contributed by atoms with Crippen molar-refractivity contribution in [3.63, 3.8) is 0 Å². The number of nitrogens with two attached hydrogens (primary N) is 6. The van der Waals surface area contributed by atoms with Crippen LogP contribution in [-0.4, -0.2) is 234 Å². The Morgan fingerprint density at radius 3 is 1.22 bits per heavy atom. The number of nitrogens with zero attached hydrogens (tertiary/aromatic N) is 3. The fourth-order valence-electron chi connectivity index (χ4n) is 13.5. The number of guanidine groups is 3. The molecule has 5 aromatic rings. The highest BCUT2D eigenvalue weighted by molar-refractivity contribution is 6.11. The summed E-state index contributed by atoms with van der Waals surface area (Å²) in [6.07, 6.45) is -0.689. The average molecular weight is 1810 g/mol. The van der Waals surface area contributed by atoms with Crippen LogP contribution >= 0.6 is 0 Å². The maximum absolute atomic E-state index is 15.2. The van der Waals surface area contributed by atoms with E-state index in [1.165, 1.54) is 13.0 Å². The standard InChI is InChI=1S/C85H123N27O18/c1-50(2)43-65(77(120)105-62(33-20-40-97-83(89)90)73(116)102-61(32-17-19-39-96-59-37-36-55(111(127)128)47-69(59)112(129)130)72(115)103-63(34-21-41-98-84(91)92)74(117)106-64(82(125)126)35-22-42-99-85(93)94)107-71(114)51(3)100-76(119)67(45-53-25-10-6-11-26-53)109-79(122)68(46-54-27-12-7-13-28-54)108-75(118)60(31-16-18-38-86)104-78(121)66(44-52-23-8-5-9-24-52)101-70(113)49-110(81(124)57(88)48-87)80(123)56-29-14-15-30-58(56)95-4/h5-15,23-30,36-37,47,50-51,57,60-68,95-96H,16-22,31-35,38-46,48-49,86-88H2,1-4H3,(H,100,119)(H,101,113)(H,102,116)(H,103,115)(H,104,121)(H,105,120)(H,106,117)(H,107,114)(H,108,118)(H,109,122)(H,125,126)(H4,89,90,97)(H4,91,92,98)(H4,93,94,99)/t51-,57-,60-,61-,62-,63+,64+,65-,66-,67-,68-/m0/s1. The summed E-state index contributed by atoms with van der Waals surface area (Å²) in [5.74, 6) is -14.4. The van der Waals surface area contributed by atoms with Crippen LogP contribution in [0.3, 0.4) is 0 Å². The molecular formula is C85H123N27O18. The summed E-state index contributed by atoms with van der Waals surface area (Å²) >= 11 is 0. The van der Waals surface area contributed by atoms with Gasteiger partial charge in [-0.05, 0) is 138 Å². The van der Waals surface area contributed by atoms with Crippen LogP contribution in [0.4, 0.5) is 22.7 Å². The SMILES string of the molecule is CNc1ccccc1C(=O)N(CC(=O)N[C@@H](Cc1ccccc1)C(=O)N[C@@H](CCCCN)C(=O)N[C@@H](Cc1ccccc1)C(=O)N[C@@H](Cc1ccccc1)C(=O)N[C@@H](C)C(=O)N[C@@H](CC(C)C)C(=O)N[C@@H](CCCNC(=N)N)C(=O)N[C@@H](CCCCNc1ccc([N+](=O)[O-])cc1[N+](=O)[O-])C(=O)N[C@H](CCCNC(=N)N)C(=O)N[C@H](CCCNC(=N)N)C(=O)O)C(=O)[C@@H](N)CN. The summed E-state index contributed by atoms with van der Waals surface area (Å²) in [4.78, 5) is 211. The van der Waals surface area contributed by atoms with Crippen LogP contribution in [0.1, 0.15) is 131 Å². The van der Waals surface area contributed by atoms with E-state index < -0.39 is 190 Å². The Labute approximate surface area is 751 Å². The minimum absolute atomic E-state index is 0.00229. The number of rotatable bonds is 58. The van der Waals surface area contributed by atoms with Gasteiger partial charge in [0.25, 0.3) is 17.3 Å². The number of hydrogen-bond acceptors (Lipinski definition) is 25. The molecule has 0 fully saturated rings. The molecule has 0 heterocycles. The van der Waals surface area contributed by atoms with E-state index in [1.54, 1.807) is 130 Å². The van der Waals surface area contributed by atoms with Gasteiger partial charge in [-0.1, -0.05) is 117 Å². The van der Waals surface area contributed by atoms with Gasteiger partial charge in [-0.25, -0.2) is 4.79 Å². The molecule has 31 N–H and O–H groups in total. The highest BCUT2D eigenvalue weighted by atomic mass is 16.6. The van der Waals surface area contributed by atoms with Gasteiger partial charge in [-0.3, -0.25) is 98.9 Å². The second kappa shape index (κ2) is 55.9. The lowest BCUT2D eigenvalue weighted by Gasteiger charge is -2.28. The van der Waals surface area contributed by atoms with E-state index in [9.17, 15) is 78.1 Å². The minimum atomic E-state index is -1.60. The van der Waals surface area contributed by atoms with Gasteiger partial charge in [0.15, 0.2) is 17.9 Å². The Kier molecular flexibility index (Phi) is 45.6. The van der Waals surface area contributed by atoms with E-state index >= 15 is 9.59 Å². The molecule has 0 aliphatic rings. The molecule has 706 valence electrons. The Balaban J connectivity index is 1.45. The molecule has 0 saturated carbocycles. The highest BCUT2D eigenvalue weighted by Gasteiger charge is 2.38. The number of carboxylic acids is 1. The topological polar surface area (TPSA) is 740 Å². The van der Waals surface area contributed by atoms with E-state index in [-0.39, 0.29) is 152 Å². The number of unbranched alkanes of at least 4 members (excludes halogenated alkanes) is 2. The van der Waals surface area contributed by atoms with Crippen molar-refractivity contribution in [2.75, 3.05) is 63.5 Å². The highest BCUT2D eigenvalue weighted by Crippen LogP contribution is 2.29. The van der Waals surface area contributed by atoms with Crippen LogP contribution in [0.25, 0.3) is 0 Å². The number of carboxylic acid groups (broad SMARTS) is 1. The molecule has 0 spiro atoms. The molecule has 5 aromatic carbocycles. The van der Waals surface area contributed by atoms with Crippen LogP contribution in [0, 0.1) is 42.4 Å². The molecule has 12 amide bonds. The predicted octanol–water partition coefficient (Wildman–Crippen LogP) is -1.27. The molecule has 0 saturated heterocycles. The van der Waals surface area contributed by atoms with Crippen molar-refractivity contribution in [3.05, 3.63) is 176 Å². The monoisotopic (exact) mass is 1810 g/mol. The number of nitrogens with one attached hydrogen (secondary N) is 18. The van der Waals surface area contributed by atoms with E-state index in [1.807, 2.05) is 0 Å². The molecule has 0 aliphatic heterocycles. The zero-order valence-corrected chi connectivity index (χ0v) is 73.1. The molecule has 0 aliphatic carbocycles. The first kappa shape index (κ1) is 106. The fourth-order valence-corrected chi connectivity index (χ4v) is 13.5. The average Bonchev–Trinajstić information content (AvgIpc) is 0.826. The summed E-state index contributed by atoms with van der Waals surface area (Å²) in [6, 6.07) is 18.0. The number of benzene rings is 5. The molecular weight excluding hydrogens is 1690 g/mol. The summed E-state index contributed by atoms with van der Waals surface area (Å²) in [7, 11) is 1.55. The predicted molar refractivity (Wildman–Crippen MR) is 484 cm³/mol. The van der Waals surface area contributed by atoms with Crippen LogP contribution in [0.2, 0.25) is 0 Å². The van der Waals surface area contributed by atoms with Crippen molar-refractivity contribution >= 4 is 117 Å². The van der Waals surface area contributed by atoms with E-state index in [0.29, 0.717) is 33.7 Å². The molecule has 130 heavy (non-hydrogen) atoms. The molecule has 0 aromatic heterocycles. The minimum Gasteiger partial charge on any atom is -0.480 e. The molecule has 5 rings (SSSR count). The van der Waals surface area contributed by atoms with Gasteiger partial charge >= 0.3 is 5.97 Å². The largest absolute Gasteiger partial charge is 0.480 e. The van der Waals surface area contributed by atoms with Gasteiger partial charge in [0, 0.05) is 70.8 Å². The first-order valence-electron chi connectivity index (χ1n) is 42.5. The van der Waals surface area contributed by atoms with Gasteiger partial charge in [0.2, 0.25) is 65.0 Å². The lowest BCUT2D eigenvalue weighted by molar-refractivity contribution is -0.393. The smallest absolute Gasteiger partial charge is 0.326 e. The molecule has 11 atom stereocenters. The quantitative estimate of drug-likeness (QED) is 0.00709. The van der Waals surface area contributed by atoms with Gasteiger partial charge in [0.05, 0.1) is 27.5 Å². The van der Waals surface area contributed by atoms with Crippen molar-refractivity contribution < 1.29 is 77.3 Å². The Bertz CT molecular complexity index is 4670. The maximum atomic E-state index is 15.2. The summed E-state index contributed by atoms with van der Waals surface area (Å²) in [5, 5.41) is 96.5. The second-order valence-electron chi connectivity index (χ2n) is 31.1. The van der Waals surface area contributed by atoms with Crippen molar-refractivity contribution in [1.29, 1.82) is 16.2 Å². The number of aliphatic carboxylic acids is 1. The molecule has 0 radical (unpaired) electrons. The van der Waals surface area contributed by atoms with Gasteiger partial charge in [-0.15, -0.1) is 0 Å². The van der Waals surface area contributed by atoms with Gasteiger partial charge in [0.1, 0.15) is 72.7 Å². The van der Waals surface area contributed by atoms with Crippen LogP contribution in [0.15, 0.2) is 133 Å². The molecule has 0 unspecified atom stereocenters. The number of carbonyl (C=O) groups is 13. The molecule has 45 heteroatoms. The van der Waals surface area contributed by atoms with Crippen LogP contribution < -0.4 is 114 Å². The van der Waals surface area contributed by atoms with Gasteiger partial charge in [-0.2, -0.15) is 0 Å². The van der Waals surface area contributed by atoms with E-state index in [4.69, 9.17) is 50.6 Å². The third-order valence-electron chi connectivity index (χ3n) is 20.3. The van der Waals surface area contributed by atoms with Crippen LogP contribution in [0.5, 0.6) is 0 Å². The Morgan fingerprint density at radius 1 is 0.431 bits per heavy atom. The number of nitro benzene ring substituents is 2. The second-order valence-corrected chi connectivity index (χ2v) is 31.1. The number of amides is 12. The normalized spacial score (nSPS) is 13.4. The maximum Gasteiger partial charge on any atom is 0.326 e. The van der Waals surface area contributed by atoms with Crippen molar-refractivity contribution in [2.24, 2.45) is 40.3 Å². The van der Waals surface area contributed by atoms with Crippen molar-refractivity contribution in [1.82, 2.24) is 74.0 Å². The first-order chi connectivity index (χ1) is 61.9. The number of nitro groups is 2. The summed E-state index contributed by atoms with van der Waals surface area (Å²) in [5.41, 5.74) is 34.9. The number of para-hydroxylation sites is 1. The van der Waals surface area contributed by atoms with Gasteiger partial charge < -0.3 is 119 Å². The third-order valence-corrected chi connectivity index (χ3v) is 20.3. The zero-order chi connectivity index (χ0) is 95.9. The number of anilines is 2. The number of imide groups is 1. The number of carbonyl (C=O) groups excluding carboxylic acids is 12. The third kappa shape index (κ3) is 37.6. The fraction of sp³-hybridized carbons (Fsp3) is 0.459. The van der Waals surface area contributed by atoms with Crippen molar-refractivity contribution in [3.8, 4) is 0 Å². The lowest BCUT2D eigenvalue weighted by atomic mass is 10.0. The number of hydrogen-bond donors (Lipinski definition) is 25. The molecule has 0 bridgehead atoms. The Hall–Kier alpha value is -14.5. The van der Waals surface area contributed by atoms with E-state index in [2.05, 4.69) is 79.8 Å². The summed E-state index contributed by atoms with van der Waals surface area (Å²) < 4.78 is 0. The lowest BCUT2D eigenvalue weighted by Crippen LogP contribution is -2.61. The van der Waals surface area contributed by atoms with Crippen molar-refractivity contribution in [2.45, 2.75) is 190 Å². The first-order valence-corrected chi connectivity index (χ1v) is 42.5. The Morgan fingerprint density at radius 2 is 0.808 bits per heavy atom. The summed E-state index contributed by atoms with van der Waals surface area (Å²) in [6.45, 7) is 3.59. The number of non-ortho nitro benzene ring substituents is 1.